The molecule has 1 aromatic rings. The molecule has 0 aliphatic carbocycles. The number of nitro benzene ring substituents is 1. The molecule has 0 spiro atoms. The van der Waals surface area contributed by atoms with E-state index in [-0.39, 0.29) is 29.3 Å². The van der Waals surface area contributed by atoms with E-state index in [1.165, 1.54) is 18.2 Å². The second-order valence-electron chi connectivity index (χ2n) is 6.31. The van der Waals surface area contributed by atoms with E-state index in [0.717, 1.165) is 19.4 Å². The Morgan fingerprint density at radius 1 is 1.52 bits per heavy atom. The van der Waals surface area contributed by atoms with Crippen LogP contribution in [0, 0.1) is 16.0 Å². The third-order valence-electron chi connectivity index (χ3n) is 4.04. The SMILES string of the molecule is CC(C)C(=O)N[C@H]1CCCN(Cc2cc([N+](=O)[O-])ccc2O)C1. The number of aromatic hydroxyl groups is 1. The van der Waals surface area contributed by atoms with Crippen molar-refractivity contribution < 1.29 is 14.8 Å². The lowest BCUT2D eigenvalue weighted by atomic mass is 10.0. The van der Waals surface area contributed by atoms with Crippen LogP contribution in [0.15, 0.2) is 18.2 Å². The van der Waals surface area contributed by atoms with E-state index in [9.17, 15) is 20.0 Å². The summed E-state index contributed by atoms with van der Waals surface area (Å²) in [5.41, 5.74) is 0.509. The van der Waals surface area contributed by atoms with Gasteiger partial charge in [0.2, 0.25) is 5.91 Å². The van der Waals surface area contributed by atoms with Crippen molar-refractivity contribution >= 4 is 11.6 Å². The van der Waals surface area contributed by atoms with Gasteiger partial charge in [-0.05, 0) is 25.5 Å². The Morgan fingerprint density at radius 3 is 2.91 bits per heavy atom. The minimum Gasteiger partial charge on any atom is -0.508 e. The molecule has 1 aliphatic heterocycles. The molecule has 1 heterocycles. The van der Waals surface area contributed by atoms with E-state index < -0.39 is 4.92 Å². The summed E-state index contributed by atoms with van der Waals surface area (Å²) < 4.78 is 0. The van der Waals surface area contributed by atoms with Gasteiger partial charge in [0.25, 0.3) is 5.69 Å². The number of non-ortho nitro benzene ring substituents is 1. The lowest BCUT2D eigenvalue weighted by molar-refractivity contribution is -0.385. The molecular weight excluding hydrogens is 298 g/mol. The summed E-state index contributed by atoms with van der Waals surface area (Å²) in [5, 5.41) is 23.8. The lowest BCUT2D eigenvalue weighted by Gasteiger charge is -2.33. The van der Waals surface area contributed by atoms with Crippen molar-refractivity contribution in [1.29, 1.82) is 0 Å². The number of carbonyl (C=O) groups is 1. The molecule has 1 saturated heterocycles. The molecule has 1 fully saturated rings. The monoisotopic (exact) mass is 321 g/mol. The molecule has 0 unspecified atom stereocenters. The smallest absolute Gasteiger partial charge is 0.270 e. The Morgan fingerprint density at radius 2 is 2.26 bits per heavy atom. The third kappa shape index (κ3) is 4.66. The Labute approximate surface area is 135 Å². The third-order valence-corrected chi connectivity index (χ3v) is 4.04. The normalized spacial score (nSPS) is 18.8. The maximum absolute atomic E-state index is 11.8. The molecule has 0 bridgehead atoms. The zero-order valence-corrected chi connectivity index (χ0v) is 13.5. The van der Waals surface area contributed by atoms with Crippen molar-refractivity contribution in [1.82, 2.24) is 10.2 Å². The van der Waals surface area contributed by atoms with Gasteiger partial charge in [-0.1, -0.05) is 13.8 Å². The van der Waals surface area contributed by atoms with Crippen molar-refractivity contribution in [3.05, 3.63) is 33.9 Å². The van der Waals surface area contributed by atoms with Gasteiger partial charge in [-0.25, -0.2) is 0 Å². The van der Waals surface area contributed by atoms with E-state index in [1.807, 2.05) is 13.8 Å². The van der Waals surface area contributed by atoms with Gasteiger partial charge in [-0.15, -0.1) is 0 Å². The fraction of sp³-hybridized carbons (Fsp3) is 0.562. The quantitative estimate of drug-likeness (QED) is 0.639. The molecule has 1 amide bonds. The van der Waals surface area contributed by atoms with Crippen LogP contribution in [0.1, 0.15) is 32.3 Å². The number of likely N-dealkylation sites (tertiary alicyclic amines) is 1. The van der Waals surface area contributed by atoms with Crippen LogP contribution < -0.4 is 5.32 Å². The summed E-state index contributed by atoms with van der Waals surface area (Å²) >= 11 is 0. The van der Waals surface area contributed by atoms with E-state index >= 15 is 0 Å². The first-order chi connectivity index (χ1) is 10.9. The maximum Gasteiger partial charge on any atom is 0.270 e. The highest BCUT2D eigenvalue weighted by Gasteiger charge is 2.23. The van der Waals surface area contributed by atoms with Gasteiger partial charge >= 0.3 is 0 Å². The summed E-state index contributed by atoms with van der Waals surface area (Å²) in [6.45, 7) is 5.67. The number of amides is 1. The molecule has 0 radical (unpaired) electrons. The highest BCUT2D eigenvalue weighted by Crippen LogP contribution is 2.25. The van der Waals surface area contributed by atoms with Gasteiger partial charge in [0.1, 0.15) is 5.75 Å². The second kappa shape index (κ2) is 7.41. The van der Waals surface area contributed by atoms with Gasteiger partial charge in [-0.2, -0.15) is 0 Å². The number of hydrogen-bond acceptors (Lipinski definition) is 5. The first-order valence-electron chi connectivity index (χ1n) is 7.86. The van der Waals surface area contributed by atoms with Gasteiger partial charge < -0.3 is 10.4 Å². The molecule has 1 aliphatic rings. The predicted molar refractivity (Wildman–Crippen MR) is 86.0 cm³/mol. The van der Waals surface area contributed by atoms with Crippen LogP contribution in [-0.4, -0.2) is 40.0 Å². The number of rotatable bonds is 5. The van der Waals surface area contributed by atoms with Crippen molar-refractivity contribution in [2.24, 2.45) is 5.92 Å². The van der Waals surface area contributed by atoms with Crippen molar-refractivity contribution in [3.63, 3.8) is 0 Å². The van der Waals surface area contributed by atoms with Crippen LogP contribution in [0.25, 0.3) is 0 Å². The highest BCUT2D eigenvalue weighted by molar-refractivity contribution is 5.78. The molecule has 7 nitrogen and oxygen atoms in total. The van der Waals surface area contributed by atoms with E-state index in [1.54, 1.807) is 0 Å². The van der Waals surface area contributed by atoms with Crippen LogP contribution >= 0.6 is 0 Å². The summed E-state index contributed by atoms with van der Waals surface area (Å²) in [7, 11) is 0. The fourth-order valence-electron chi connectivity index (χ4n) is 2.74. The van der Waals surface area contributed by atoms with Crippen molar-refractivity contribution in [2.75, 3.05) is 13.1 Å². The van der Waals surface area contributed by atoms with Crippen LogP contribution in [-0.2, 0) is 11.3 Å². The topological polar surface area (TPSA) is 95.7 Å². The largest absolute Gasteiger partial charge is 0.508 e. The highest BCUT2D eigenvalue weighted by atomic mass is 16.6. The number of nitrogens with one attached hydrogen (secondary N) is 1. The number of phenolic OH excluding ortho intramolecular Hbond substituents is 1. The first-order valence-corrected chi connectivity index (χ1v) is 7.86. The van der Waals surface area contributed by atoms with Crippen molar-refractivity contribution in [3.8, 4) is 5.75 Å². The van der Waals surface area contributed by atoms with Gasteiger partial charge in [0, 0.05) is 42.7 Å². The molecule has 1 atom stereocenters. The Balaban J connectivity index is 2.01. The van der Waals surface area contributed by atoms with Crippen molar-refractivity contribution in [2.45, 2.75) is 39.3 Å². The Kier molecular flexibility index (Phi) is 5.54. The number of hydrogen-bond donors (Lipinski definition) is 2. The molecular formula is C16H23N3O4. The lowest BCUT2D eigenvalue weighted by Crippen LogP contribution is -2.48. The zero-order valence-electron chi connectivity index (χ0n) is 13.5. The molecule has 2 rings (SSSR count). The van der Waals surface area contributed by atoms with Gasteiger partial charge in [0.05, 0.1) is 4.92 Å². The second-order valence-corrected chi connectivity index (χ2v) is 6.31. The first kappa shape index (κ1) is 17.2. The summed E-state index contributed by atoms with van der Waals surface area (Å²) in [6.07, 6.45) is 1.87. The predicted octanol–water partition coefficient (Wildman–Crippen LogP) is 2.04. The van der Waals surface area contributed by atoms with Crippen LogP contribution in [0.3, 0.4) is 0 Å². The zero-order chi connectivity index (χ0) is 17.0. The molecule has 1 aromatic carbocycles. The number of piperidine rings is 1. The molecule has 0 saturated carbocycles. The number of carbonyl (C=O) groups excluding carboxylic acids is 1. The Hall–Kier alpha value is -2.15. The molecule has 126 valence electrons. The minimum atomic E-state index is -0.467. The number of nitro groups is 1. The van der Waals surface area contributed by atoms with E-state index in [0.29, 0.717) is 18.7 Å². The summed E-state index contributed by atoms with van der Waals surface area (Å²) in [5.74, 6) is 0.0465. The average Bonchev–Trinajstić information content (AvgIpc) is 2.49. The minimum absolute atomic E-state index is 0.0283. The van der Waals surface area contributed by atoms with Crippen LogP contribution in [0.4, 0.5) is 5.69 Å². The van der Waals surface area contributed by atoms with E-state index in [2.05, 4.69) is 10.2 Å². The number of phenols is 1. The molecule has 7 heteroatoms. The number of benzene rings is 1. The molecule has 2 N–H and O–H groups in total. The number of nitrogens with zero attached hydrogens (tertiary/aromatic N) is 2. The Bertz CT molecular complexity index is 589. The average molecular weight is 321 g/mol. The van der Waals surface area contributed by atoms with Gasteiger partial charge in [-0.3, -0.25) is 19.8 Å². The standard InChI is InChI=1S/C16H23N3O4/c1-11(2)16(21)17-13-4-3-7-18(10-13)9-12-8-14(19(22)23)5-6-15(12)20/h5-6,8,11,13,20H,3-4,7,9-10H2,1-2H3,(H,17,21)/t13-/m0/s1. The molecule has 0 aromatic heterocycles. The van der Waals surface area contributed by atoms with E-state index in [4.69, 9.17) is 0 Å². The maximum atomic E-state index is 11.8. The summed E-state index contributed by atoms with van der Waals surface area (Å²) in [4.78, 5) is 24.3. The van der Waals surface area contributed by atoms with Crippen LogP contribution in [0.2, 0.25) is 0 Å². The fourth-order valence-corrected chi connectivity index (χ4v) is 2.74. The summed E-state index contributed by atoms with van der Waals surface area (Å²) in [6, 6.07) is 4.14. The van der Waals surface area contributed by atoms with Crippen LogP contribution in [0.5, 0.6) is 5.75 Å². The molecule has 23 heavy (non-hydrogen) atoms. The van der Waals surface area contributed by atoms with Gasteiger partial charge in [0.15, 0.2) is 0 Å².